The molecule has 0 saturated carbocycles. The molecule has 0 bridgehead atoms. The second-order valence-electron chi connectivity index (χ2n) is 3.59. The summed E-state index contributed by atoms with van der Waals surface area (Å²) in [5.74, 6) is -1.46. The van der Waals surface area contributed by atoms with Gasteiger partial charge in [0.2, 0.25) is 6.17 Å². The number of aliphatic carboxylic acids is 1. The van der Waals surface area contributed by atoms with Gasteiger partial charge in [-0.15, -0.1) is 0 Å². The number of carbonyl (C=O) groups excluding carboxylic acids is 1. The first-order valence-corrected chi connectivity index (χ1v) is 4.03. The Hall–Kier alpha value is -1.95. The summed E-state index contributed by atoms with van der Waals surface area (Å²) in [6.07, 6.45) is -2.62. The number of azide groups is 1. The second kappa shape index (κ2) is 5.06. The number of nitrogens with zero attached hydrogens (tertiary/aromatic N) is 3. The van der Waals surface area contributed by atoms with E-state index in [0.717, 1.165) is 0 Å². The van der Waals surface area contributed by atoms with Gasteiger partial charge in [-0.25, -0.2) is 9.59 Å². The van der Waals surface area contributed by atoms with Crippen LogP contribution in [-0.4, -0.2) is 28.9 Å². The summed E-state index contributed by atoms with van der Waals surface area (Å²) in [5, 5.41) is 13.3. The summed E-state index contributed by atoms with van der Waals surface area (Å²) < 4.78 is 4.77. The molecule has 0 aliphatic heterocycles. The van der Waals surface area contributed by atoms with Crippen molar-refractivity contribution >= 4 is 12.1 Å². The Morgan fingerprint density at radius 3 is 2.40 bits per heavy atom. The standard InChI is InChI=1S/C7H12N4O4/c1-7(2,3)15-6(14)9-4(5(12)13)10-11-8/h4H,1-3H3,(H,9,14)(H,12,13)/t4-/m1/s1. The molecule has 8 nitrogen and oxygen atoms in total. The molecule has 0 aliphatic rings. The molecule has 0 radical (unpaired) electrons. The Balaban J connectivity index is 4.37. The highest BCUT2D eigenvalue weighted by Crippen LogP contribution is 2.06. The fraction of sp³-hybridized carbons (Fsp3) is 0.714. The van der Waals surface area contributed by atoms with Gasteiger partial charge in [0.25, 0.3) is 0 Å². The van der Waals surface area contributed by atoms with E-state index in [9.17, 15) is 9.59 Å². The molecular weight excluding hydrogens is 204 g/mol. The first kappa shape index (κ1) is 13.1. The van der Waals surface area contributed by atoms with E-state index in [1.807, 2.05) is 5.32 Å². The molecule has 2 N–H and O–H groups in total. The van der Waals surface area contributed by atoms with Gasteiger partial charge in [0.1, 0.15) is 5.60 Å². The zero-order chi connectivity index (χ0) is 12.1. The lowest BCUT2D eigenvalue weighted by molar-refractivity contribution is -0.139. The van der Waals surface area contributed by atoms with Gasteiger partial charge in [0.15, 0.2) is 0 Å². The van der Waals surface area contributed by atoms with E-state index in [-0.39, 0.29) is 0 Å². The van der Waals surface area contributed by atoms with Crippen molar-refractivity contribution in [3.05, 3.63) is 10.4 Å². The molecule has 0 aliphatic carbocycles. The maximum Gasteiger partial charge on any atom is 0.408 e. The lowest BCUT2D eigenvalue weighted by Gasteiger charge is -2.20. The summed E-state index contributed by atoms with van der Waals surface area (Å²) in [5.41, 5.74) is 7.29. The zero-order valence-corrected chi connectivity index (χ0v) is 8.59. The van der Waals surface area contributed by atoms with Crippen molar-refractivity contribution in [2.75, 3.05) is 0 Å². The van der Waals surface area contributed by atoms with Crippen molar-refractivity contribution in [2.45, 2.75) is 32.5 Å². The number of rotatable bonds is 3. The predicted molar refractivity (Wildman–Crippen MR) is 49.9 cm³/mol. The third-order valence-corrected chi connectivity index (χ3v) is 1.05. The Labute approximate surface area is 85.8 Å². The van der Waals surface area contributed by atoms with Gasteiger partial charge in [0, 0.05) is 4.91 Å². The van der Waals surface area contributed by atoms with Gasteiger partial charge < -0.3 is 15.2 Å². The zero-order valence-electron chi connectivity index (χ0n) is 8.59. The van der Waals surface area contributed by atoms with Gasteiger partial charge in [-0.3, -0.25) is 0 Å². The molecule has 0 aromatic rings. The predicted octanol–water partition coefficient (Wildman–Crippen LogP) is 1.23. The Morgan fingerprint density at radius 2 is 2.07 bits per heavy atom. The van der Waals surface area contributed by atoms with Crippen LogP contribution < -0.4 is 5.32 Å². The molecule has 1 atom stereocenters. The molecule has 0 rings (SSSR count). The van der Waals surface area contributed by atoms with Crippen LogP contribution in [-0.2, 0) is 9.53 Å². The smallest absolute Gasteiger partial charge is 0.408 e. The second-order valence-corrected chi connectivity index (χ2v) is 3.59. The van der Waals surface area contributed by atoms with Crippen LogP contribution in [0.15, 0.2) is 5.11 Å². The molecule has 8 heteroatoms. The number of carboxylic acid groups (broad SMARTS) is 1. The van der Waals surface area contributed by atoms with Crippen LogP contribution in [0.3, 0.4) is 0 Å². The summed E-state index contributed by atoms with van der Waals surface area (Å²) in [6, 6.07) is 0. The van der Waals surface area contributed by atoms with Gasteiger partial charge >= 0.3 is 12.1 Å². The highest BCUT2D eigenvalue weighted by Gasteiger charge is 2.22. The van der Waals surface area contributed by atoms with Crippen molar-refractivity contribution < 1.29 is 19.4 Å². The number of carbonyl (C=O) groups is 2. The van der Waals surface area contributed by atoms with Crippen LogP contribution in [0.25, 0.3) is 10.4 Å². The van der Waals surface area contributed by atoms with Gasteiger partial charge in [-0.1, -0.05) is 5.11 Å². The van der Waals surface area contributed by atoms with E-state index in [0.29, 0.717) is 0 Å². The Kier molecular flexibility index (Phi) is 4.40. The number of carboxylic acids is 1. The number of amides is 1. The number of hydrogen-bond donors (Lipinski definition) is 2. The van der Waals surface area contributed by atoms with Crippen molar-refractivity contribution in [3.8, 4) is 0 Å². The molecule has 0 spiro atoms. The third kappa shape index (κ3) is 6.17. The molecule has 0 fully saturated rings. The van der Waals surface area contributed by atoms with Gasteiger partial charge in [0.05, 0.1) is 0 Å². The first-order valence-electron chi connectivity index (χ1n) is 4.03. The number of nitrogens with one attached hydrogen (secondary N) is 1. The summed E-state index contributed by atoms with van der Waals surface area (Å²) >= 11 is 0. The van der Waals surface area contributed by atoms with E-state index in [1.165, 1.54) is 0 Å². The van der Waals surface area contributed by atoms with E-state index in [4.69, 9.17) is 15.4 Å². The number of alkyl carbamates (subject to hydrolysis) is 1. The normalized spacial score (nSPS) is 12.2. The highest BCUT2D eigenvalue weighted by atomic mass is 16.6. The molecular formula is C7H12N4O4. The first-order chi connectivity index (χ1) is 6.76. The molecule has 0 unspecified atom stereocenters. The fourth-order valence-corrected chi connectivity index (χ4v) is 0.611. The Bertz CT molecular complexity index is 301. The fourth-order valence-electron chi connectivity index (χ4n) is 0.611. The van der Waals surface area contributed by atoms with E-state index in [1.54, 1.807) is 20.8 Å². The van der Waals surface area contributed by atoms with Gasteiger partial charge in [-0.2, -0.15) is 0 Å². The minimum Gasteiger partial charge on any atom is -0.480 e. The number of hydrogen-bond acceptors (Lipinski definition) is 4. The summed E-state index contributed by atoms with van der Waals surface area (Å²) in [4.78, 5) is 23.8. The molecule has 15 heavy (non-hydrogen) atoms. The van der Waals surface area contributed by atoms with E-state index < -0.39 is 23.8 Å². The quantitative estimate of drug-likeness (QED) is 0.418. The monoisotopic (exact) mass is 216 g/mol. The molecule has 0 heterocycles. The van der Waals surface area contributed by atoms with Crippen LogP contribution in [0.1, 0.15) is 20.8 Å². The maximum atomic E-state index is 11.1. The summed E-state index contributed by atoms with van der Waals surface area (Å²) in [6.45, 7) is 4.86. The van der Waals surface area contributed by atoms with Gasteiger partial charge in [-0.05, 0) is 26.3 Å². The SMILES string of the molecule is CC(C)(C)OC(=O)N[C@H](N=[N+]=[N-])C(=O)O. The van der Waals surface area contributed by atoms with Crippen LogP contribution in [0.4, 0.5) is 4.79 Å². The minimum atomic E-state index is -1.66. The van der Waals surface area contributed by atoms with Crippen molar-refractivity contribution in [1.82, 2.24) is 5.32 Å². The largest absolute Gasteiger partial charge is 0.480 e. The maximum absolute atomic E-state index is 11.1. The average Bonchev–Trinajstić information content (AvgIpc) is 1.99. The number of ether oxygens (including phenoxy) is 1. The Morgan fingerprint density at radius 1 is 1.53 bits per heavy atom. The topological polar surface area (TPSA) is 124 Å². The van der Waals surface area contributed by atoms with Crippen LogP contribution in [0.2, 0.25) is 0 Å². The van der Waals surface area contributed by atoms with Crippen molar-refractivity contribution in [1.29, 1.82) is 0 Å². The average molecular weight is 216 g/mol. The van der Waals surface area contributed by atoms with Crippen LogP contribution >= 0.6 is 0 Å². The third-order valence-electron chi connectivity index (χ3n) is 1.05. The molecule has 0 aromatic carbocycles. The van der Waals surface area contributed by atoms with Crippen molar-refractivity contribution in [3.63, 3.8) is 0 Å². The lowest BCUT2D eigenvalue weighted by Crippen LogP contribution is -2.42. The molecule has 0 saturated heterocycles. The van der Waals surface area contributed by atoms with Crippen LogP contribution in [0.5, 0.6) is 0 Å². The van der Waals surface area contributed by atoms with Crippen LogP contribution in [0, 0.1) is 0 Å². The molecule has 1 amide bonds. The lowest BCUT2D eigenvalue weighted by atomic mass is 10.2. The van der Waals surface area contributed by atoms with E-state index >= 15 is 0 Å². The highest BCUT2D eigenvalue weighted by molar-refractivity contribution is 5.79. The van der Waals surface area contributed by atoms with E-state index in [2.05, 4.69) is 10.0 Å². The van der Waals surface area contributed by atoms with Crippen molar-refractivity contribution in [2.24, 2.45) is 5.11 Å². The summed E-state index contributed by atoms with van der Waals surface area (Å²) in [7, 11) is 0. The minimum absolute atomic E-state index is 0.747. The molecule has 0 aromatic heterocycles. The molecule has 84 valence electrons.